The van der Waals surface area contributed by atoms with Gasteiger partial charge in [-0.3, -0.25) is 14.2 Å². The molecule has 0 aliphatic carbocycles. The van der Waals surface area contributed by atoms with Gasteiger partial charge in [-0.1, -0.05) is 48.5 Å². The van der Waals surface area contributed by atoms with Crippen LogP contribution in [0.15, 0.2) is 76.6 Å². The summed E-state index contributed by atoms with van der Waals surface area (Å²) in [5.41, 5.74) is -0.930. The summed E-state index contributed by atoms with van der Waals surface area (Å²) in [4.78, 5) is 26.7. The number of nitrogens with zero attached hydrogens (tertiary/aromatic N) is 1. The predicted molar refractivity (Wildman–Crippen MR) is 184 cm³/mol. The fourth-order valence-electron chi connectivity index (χ4n) is 6.39. The van der Waals surface area contributed by atoms with Crippen LogP contribution < -0.4 is 15.6 Å². The summed E-state index contributed by atoms with van der Waals surface area (Å²) in [6.45, 7) is 7.42. The van der Waals surface area contributed by atoms with Crippen molar-refractivity contribution in [2.24, 2.45) is 0 Å². The number of halogens is 5. The Kier molecular flexibility index (Phi) is 11.7. The number of thioether (sulfide) groups is 1. The Balaban J connectivity index is 1.70. The van der Waals surface area contributed by atoms with Gasteiger partial charge in [0.15, 0.2) is 11.6 Å². The molecule has 5 rings (SSSR count). The quantitative estimate of drug-likeness (QED) is 0.0849. The fraction of sp³-hybridized carbons (Fsp3) is 0.368. The number of rotatable bonds is 13. The van der Waals surface area contributed by atoms with Crippen LogP contribution in [0.3, 0.4) is 0 Å². The number of carbonyl (C=O) groups excluding carboxylic acids is 1. The van der Waals surface area contributed by atoms with Crippen molar-refractivity contribution in [2.45, 2.75) is 76.3 Å². The van der Waals surface area contributed by atoms with Crippen molar-refractivity contribution in [3.05, 3.63) is 117 Å². The van der Waals surface area contributed by atoms with Gasteiger partial charge in [-0.2, -0.15) is 13.2 Å². The van der Waals surface area contributed by atoms with Crippen LogP contribution in [-0.2, 0) is 22.1 Å². The van der Waals surface area contributed by atoms with Gasteiger partial charge >= 0.3 is 12.1 Å². The number of carbonyl (C=O) groups is 1. The average Bonchev–Trinajstić information content (AvgIpc) is 3.50. The van der Waals surface area contributed by atoms with E-state index in [0.29, 0.717) is 29.3 Å². The van der Waals surface area contributed by atoms with E-state index in [1.807, 2.05) is 30.3 Å². The number of benzene rings is 3. The first-order valence-corrected chi connectivity index (χ1v) is 17.5. The van der Waals surface area contributed by atoms with E-state index < -0.39 is 53.0 Å². The number of nitrogens with one attached hydrogen (secondary N) is 1. The van der Waals surface area contributed by atoms with Crippen LogP contribution in [0.2, 0.25) is 0 Å². The zero-order chi connectivity index (χ0) is 36.2. The number of pyridine rings is 1. The Hall–Kier alpha value is -4.16. The highest BCUT2D eigenvalue weighted by molar-refractivity contribution is 7.99. The molecule has 2 unspecified atom stereocenters. The van der Waals surface area contributed by atoms with Crippen LogP contribution >= 0.6 is 11.8 Å². The van der Waals surface area contributed by atoms with Gasteiger partial charge in [0, 0.05) is 29.7 Å². The molecule has 2 heterocycles. The Labute approximate surface area is 292 Å². The smallest absolute Gasteiger partial charge is 0.416 e. The van der Waals surface area contributed by atoms with Gasteiger partial charge in [0.1, 0.15) is 5.82 Å². The number of alkyl halides is 3. The monoisotopic (exact) mass is 714 g/mol. The largest absolute Gasteiger partial charge is 0.488 e. The molecule has 0 radical (unpaired) electrons. The molecule has 4 aromatic rings. The summed E-state index contributed by atoms with van der Waals surface area (Å²) < 4.78 is 86.3. The number of hydrogen-bond acceptors (Lipinski definition) is 6. The molecule has 1 aliphatic rings. The van der Waals surface area contributed by atoms with E-state index >= 15 is 8.78 Å². The van der Waals surface area contributed by atoms with Crippen LogP contribution in [0.1, 0.15) is 73.5 Å². The Morgan fingerprint density at radius 2 is 1.74 bits per heavy atom. The standard InChI is InChI=1S/C38H39F5N2O4S/c1-5-48-32(46)18-11-19-44-35(24-12-7-6-8-13-24)30-21-50-37-26(20-27-28(38(41,42)43)15-10-16-29(27)39)23(4)33(36(47)45(30)37)25-14-9-17-31(34(25)40)49-22(2)3/h6-10,12-17,22,30,35,44H,5,11,18-21H2,1-4H3. The van der Waals surface area contributed by atoms with Gasteiger partial charge in [0.2, 0.25) is 0 Å². The first-order chi connectivity index (χ1) is 23.8. The summed E-state index contributed by atoms with van der Waals surface area (Å²) in [6, 6.07) is 15.6. The molecule has 0 saturated heterocycles. The number of esters is 1. The summed E-state index contributed by atoms with van der Waals surface area (Å²) in [6.07, 6.45) is -5.05. The van der Waals surface area contributed by atoms with Crippen molar-refractivity contribution < 1.29 is 36.2 Å². The van der Waals surface area contributed by atoms with Gasteiger partial charge in [0.05, 0.1) is 40.9 Å². The molecule has 6 nitrogen and oxygen atoms in total. The molecule has 1 N–H and O–H groups in total. The Morgan fingerprint density at radius 1 is 1.02 bits per heavy atom. The predicted octanol–water partition coefficient (Wildman–Crippen LogP) is 8.82. The molecule has 0 amide bonds. The van der Waals surface area contributed by atoms with Crippen LogP contribution in [0, 0.1) is 18.6 Å². The summed E-state index contributed by atoms with van der Waals surface area (Å²) in [7, 11) is 0. The highest BCUT2D eigenvalue weighted by Gasteiger charge is 2.39. The number of fused-ring (bicyclic) bond motifs is 1. The van der Waals surface area contributed by atoms with E-state index in [1.165, 1.54) is 28.5 Å². The van der Waals surface area contributed by atoms with E-state index in [-0.39, 0.29) is 47.5 Å². The topological polar surface area (TPSA) is 69.6 Å². The Morgan fingerprint density at radius 3 is 2.42 bits per heavy atom. The van der Waals surface area contributed by atoms with Crippen LogP contribution in [-0.4, -0.2) is 35.5 Å². The summed E-state index contributed by atoms with van der Waals surface area (Å²) >= 11 is 1.29. The van der Waals surface area contributed by atoms with E-state index in [4.69, 9.17) is 9.47 Å². The van der Waals surface area contributed by atoms with Crippen LogP contribution in [0.5, 0.6) is 5.75 Å². The van der Waals surface area contributed by atoms with Crippen molar-refractivity contribution in [3.8, 4) is 16.9 Å². The van der Waals surface area contributed by atoms with Crippen molar-refractivity contribution in [2.75, 3.05) is 18.9 Å². The minimum atomic E-state index is -4.83. The van der Waals surface area contributed by atoms with E-state index in [2.05, 4.69) is 5.32 Å². The van der Waals surface area contributed by atoms with Crippen LogP contribution in [0.25, 0.3) is 11.1 Å². The molecule has 0 fully saturated rings. The SMILES string of the molecule is CCOC(=O)CCCNC(c1ccccc1)C1CSc2c(Cc3c(F)cccc3C(F)(F)F)c(C)c(-c3cccc(OC(C)C)c3F)c(=O)n21. The highest BCUT2D eigenvalue weighted by Crippen LogP contribution is 2.45. The van der Waals surface area contributed by atoms with Crippen molar-refractivity contribution in [1.82, 2.24) is 9.88 Å². The lowest BCUT2D eigenvalue weighted by atomic mass is 9.91. The van der Waals surface area contributed by atoms with E-state index in [0.717, 1.165) is 23.8 Å². The second-order valence-electron chi connectivity index (χ2n) is 12.3. The third kappa shape index (κ3) is 7.91. The normalized spacial score (nSPS) is 14.9. The molecule has 1 aromatic heterocycles. The van der Waals surface area contributed by atoms with Gasteiger partial charge < -0.3 is 14.8 Å². The number of hydrogen-bond donors (Lipinski definition) is 1. The maximum Gasteiger partial charge on any atom is 0.416 e. The maximum absolute atomic E-state index is 16.2. The third-order valence-electron chi connectivity index (χ3n) is 8.60. The molecular weight excluding hydrogens is 675 g/mol. The second-order valence-corrected chi connectivity index (χ2v) is 13.3. The molecule has 0 bridgehead atoms. The average molecular weight is 715 g/mol. The molecule has 2 atom stereocenters. The molecule has 0 saturated carbocycles. The number of aromatic nitrogens is 1. The fourth-order valence-corrected chi connectivity index (χ4v) is 7.81. The highest BCUT2D eigenvalue weighted by atomic mass is 32.2. The van der Waals surface area contributed by atoms with Crippen molar-refractivity contribution >= 4 is 17.7 Å². The van der Waals surface area contributed by atoms with E-state index in [1.54, 1.807) is 33.8 Å². The zero-order valence-corrected chi connectivity index (χ0v) is 29.0. The third-order valence-corrected chi connectivity index (χ3v) is 9.83. The first kappa shape index (κ1) is 37.1. The molecule has 3 aromatic carbocycles. The molecule has 0 spiro atoms. The van der Waals surface area contributed by atoms with Crippen molar-refractivity contribution in [1.29, 1.82) is 0 Å². The molecule has 50 heavy (non-hydrogen) atoms. The lowest BCUT2D eigenvalue weighted by Gasteiger charge is -2.28. The summed E-state index contributed by atoms with van der Waals surface area (Å²) in [5, 5.41) is 3.87. The lowest BCUT2D eigenvalue weighted by molar-refractivity contribution is -0.143. The lowest BCUT2D eigenvalue weighted by Crippen LogP contribution is -2.36. The van der Waals surface area contributed by atoms with E-state index in [9.17, 15) is 22.8 Å². The van der Waals surface area contributed by atoms with Gasteiger partial charge in [-0.25, -0.2) is 8.78 Å². The minimum absolute atomic E-state index is 0.0398. The van der Waals surface area contributed by atoms with Gasteiger partial charge in [-0.05, 0) is 75.5 Å². The van der Waals surface area contributed by atoms with Crippen LogP contribution in [0.4, 0.5) is 22.0 Å². The summed E-state index contributed by atoms with van der Waals surface area (Å²) in [5.74, 6) is -1.88. The first-order valence-electron chi connectivity index (χ1n) is 16.5. The van der Waals surface area contributed by atoms with Gasteiger partial charge in [0.25, 0.3) is 5.56 Å². The maximum atomic E-state index is 16.2. The number of ether oxygens (including phenoxy) is 2. The minimum Gasteiger partial charge on any atom is -0.488 e. The van der Waals surface area contributed by atoms with Crippen molar-refractivity contribution in [3.63, 3.8) is 0 Å². The van der Waals surface area contributed by atoms with Gasteiger partial charge in [-0.15, -0.1) is 11.8 Å². The molecule has 12 heteroatoms. The molecule has 266 valence electrons. The Bertz CT molecular complexity index is 1900. The second kappa shape index (κ2) is 15.8. The zero-order valence-electron chi connectivity index (χ0n) is 28.2. The molecular formula is C38H39F5N2O4S. The molecule has 1 aliphatic heterocycles.